The van der Waals surface area contributed by atoms with Crippen LogP contribution in [0.3, 0.4) is 0 Å². The molecule has 1 aliphatic rings. The van der Waals surface area contributed by atoms with Crippen LogP contribution in [0.4, 0.5) is 8.78 Å². The van der Waals surface area contributed by atoms with Crippen LogP contribution in [0.15, 0.2) is 23.1 Å². The fourth-order valence-corrected chi connectivity index (χ4v) is 5.82. The van der Waals surface area contributed by atoms with Crippen LogP contribution in [-0.4, -0.2) is 33.9 Å². The molecule has 1 heterocycles. The number of nitrogens with one attached hydrogen (secondary N) is 1. The standard InChI is InChI=1S/C11H13F2NO4S2/c1-11(2-3-19(15,16)7-11)14-20(17,18)10-5-8(12)4-9(13)6-10/h4-6,14H,2-3,7H2,1H3. The molecule has 1 N–H and O–H groups in total. The van der Waals surface area contributed by atoms with Gasteiger partial charge in [0, 0.05) is 11.6 Å². The summed E-state index contributed by atoms with van der Waals surface area (Å²) in [7, 11) is -7.49. The summed E-state index contributed by atoms with van der Waals surface area (Å²) < 4.78 is 75.3. The van der Waals surface area contributed by atoms with Gasteiger partial charge in [-0.1, -0.05) is 0 Å². The van der Waals surface area contributed by atoms with Gasteiger partial charge in [-0.25, -0.2) is 30.3 Å². The monoisotopic (exact) mass is 325 g/mol. The van der Waals surface area contributed by atoms with Gasteiger partial charge >= 0.3 is 0 Å². The van der Waals surface area contributed by atoms with Crippen LogP contribution < -0.4 is 4.72 Å². The van der Waals surface area contributed by atoms with Gasteiger partial charge in [0.15, 0.2) is 9.84 Å². The maximum absolute atomic E-state index is 13.1. The second-order valence-corrected chi connectivity index (χ2v) is 8.98. The van der Waals surface area contributed by atoms with Crippen molar-refractivity contribution >= 4 is 19.9 Å². The normalized spacial score (nSPS) is 25.8. The Morgan fingerprint density at radius 1 is 1.20 bits per heavy atom. The van der Waals surface area contributed by atoms with E-state index in [4.69, 9.17) is 0 Å². The first-order valence-corrected chi connectivity index (χ1v) is 9.02. The van der Waals surface area contributed by atoms with Gasteiger partial charge in [0.2, 0.25) is 10.0 Å². The molecule has 9 heteroatoms. The first-order valence-electron chi connectivity index (χ1n) is 5.72. The Labute approximate surface area is 116 Å². The second kappa shape index (κ2) is 4.74. The maximum atomic E-state index is 13.1. The fraction of sp³-hybridized carbons (Fsp3) is 0.455. The predicted molar refractivity (Wildman–Crippen MR) is 68.4 cm³/mol. The van der Waals surface area contributed by atoms with Gasteiger partial charge in [0.05, 0.1) is 16.4 Å². The highest BCUT2D eigenvalue weighted by Crippen LogP contribution is 2.25. The van der Waals surface area contributed by atoms with Gasteiger partial charge in [-0.2, -0.15) is 0 Å². The van der Waals surface area contributed by atoms with E-state index in [1.165, 1.54) is 6.92 Å². The zero-order chi connectivity index (χ0) is 15.2. The number of halogens is 2. The summed E-state index contributed by atoms with van der Waals surface area (Å²) in [6.45, 7) is 1.45. The molecule has 0 bridgehead atoms. The molecule has 0 aromatic heterocycles. The summed E-state index contributed by atoms with van der Waals surface area (Å²) in [4.78, 5) is -0.569. The quantitative estimate of drug-likeness (QED) is 0.892. The Bertz CT molecular complexity index is 725. The lowest BCUT2D eigenvalue weighted by molar-refractivity contribution is 0.460. The van der Waals surface area contributed by atoms with E-state index >= 15 is 0 Å². The van der Waals surface area contributed by atoms with Gasteiger partial charge in [-0.05, 0) is 25.5 Å². The van der Waals surface area contributed by atoms with Gasteiger partial charge in [0.25, 0.3) is 0 Å². The molecule has 1 fully saturated rings. The third kappa shape index (κ3) is 3.33. The van der Waals surface area contributed by atoms with Crippen LogP contribution in [0.25, 0.3) is 0 Å². The minimum atomic E-state index is -4.19. The van der Waals surface area contributed by atoms with Crippen molar-refractivity contribution in [3.05, 3.63) is 29.8 Å². The largest absolute Gasteiger partial charge is 0.241 e. The number of hydrogen-bond donors (Lipinski definition) is 1. The van der Waals surface area contributed by atoms with Crippen molar-refractivity contribution in [1.29, 1.82) is 0 Å². The van der Waals surface area contributed by atoms with Crippen LogP contribution in [0.2, 0.25) is 0 Å². The molecule has 1 aromatic rings. The Morgan fingerprint density at radius 3 is 2.20 bits per heavy atom. The van der Waals surface area contributed by atoms with Crippen LogP contribution in [0, 0.1) is 11.6 Å². The van der Waals surface area contributed by atoms with Crippen molar-refractivity contribution < 1.29 is 25.6 Å². The third-order valence-electron chi connectivity index (χ3n) is 3.03. The summed E-state index contributed by atoms with van der Waals surface area (Å²) in [5, 5.41) is 0. The number of hydrogen-bond acceptors (Lipinski definition) is 4. The molecule has 5 nitrogen and oxygen atoms in total. The molecule has 1 aromatic carbocycles. The minimum absolute atomic E-state index is 0.117. The third-order valence-corrected chi connectivity index (χ3v) is 6.55. The molecule has 0 amide bonds. The van der Waals surface area contributed by atoms with Gasteiger partial charge in [-0.15, -0.1) is 0 Å². The molecular formula is C11H13F2NO4S2. The Balaban J connectivity index is 2.32. The molecule has 1 saturated heterocycles. The van der Waals surface area contributed by atoms with Crippen molar-refractivity contribution in [2.24, 2.45) is 0 Å². The molecule has 1 aliphatic heterocycles. The zero-order valence-electron chi connectivity index (χ0n) is 10.6. The van der Waals surface area contributed by atoms with E-state index in [1.807, 2.05) is 0 Å². The Hall–Kier alpha value is -1.06. The van der Waals surface area contributed by atoms with Crippen molar-refractivity contribution in [2.75, 3.05) is 11.5 Å². The second-order valence-electron chi connectivity index (χ2n) is 5.11. The van der Waals surface area contributed by atoms with Gasteiger partial charge in [0.1, 0.15) is 11.6 Å². The smallest absolute Gasteiger partial charge is 0.229 e. The van der Waals surface area contributed by atoms with E-state index in [1.54, 1.807) is 0 Å². The van der Waals surface area contributed by atoms with E-state index in [9.17, 15) is 25.6 Å². The van der Waals surface area contributed by atoms with E-state index in [0.717, 1.165) is 0 Å². The average Bonchev–Trinajstić information content (AvgIpc) is 2.50. The highest BCUT2D eigenvalue weighted by molar-refractivity contribution is 7.92. The SMILES string of the molecule is CC1(NS(=O)(=O)c2cc(F)cc(F)c2)CCS(=O)(=O)C1. The van der Waals surface area contributed by atoms with Crippen molar-refractivity contribution in [2.45, 2.75) is 23.8 Å². The van der Waals surface area contributed by atoms with Crippen LogP contribution in [0.5, 0.6) is 0 Å². The molecule has 2 rings (SSSR count). The van der Waals surface area contributed by atoms with Crippen molar-refractivity contribution in [3.8, 4) is 0 Å². The van der Waals surface area contributed by atoms with E-state index in [2.05, 4.69) is 4.72 Å². The summed E-state index contributed by atoms with van der Waals surface area (Å²) in [6, 6.07) is 1.91. The lowest BCUT2D eigenvalue weighted by Crippen LogP contribution is -2.46. The Kier molecular flexibility index (Phi) is 3.64. The topological polar surface area (TPSA) is 80.3 Å². The highest BCUT2D eigenvalue weighted by atomic mass is 32.2. The van der Waals surface area contributed by atoms with E-state index in [0.29, 0.717) is 18.2 Å². The molecule has 1 atom stereocenters. The number of rotatable bonds is 3. The molecule has 0 radical (unpaired) electrons. The molecule has 20 heavy (non-hydrogen) atoms. The molecule has 0 spiro atoms. The summed E-state index contributed by atoms with van der Waals surface area (Å²) in [6.07, 6.45) is 0.117. The van der Waals surface area contributed by atoms with Gasteiger partial charge < -0.3 is 0 Å². The van der Waals surface area contributed by atoms with Gasteiger partial charge in [-0.3, -0.25) is 0 Å². The van der Waals surface area contributed by atoms with Crippen LogP contribution in [0.1, 0.15) is 13.3 Å². The molecule has 0 aliphatic carbocycles. The van der Waals surface area contributed by atoms with E-state index in [-0.39, 0.29) is 17.9 Å². The van der Waals surface area contributed by atoms with Crippen molar-refractivity contribution in [3.63, 3.8) is 0 Å². The Morgan fingerprint density at radius 2 is 1.75 bits per heavy atom. The average molecular weight is 325 g/mol. The molecule has 112 valence electrons. The van der Waals surface area contributed by atoms with Crippen LogP contribution in [-0.2, 0) is 19.9 Å². The predicted octanol–water partition coefficient (Wildman–Crippen LogP) is 0.820. The number of sulfone groups is 1. The molecule has 1 unspecified atom stereocenters. The lowest BCUT2D eigenvalue weighted by atomic mass is 10.0. The lowest BCUT2D eigenvalue weighted by Gasteiger charge is -2.23. The maximum Gasteiger partial charge on any atom is 0.241 e. The fourth-order valence-electron chi connectivity index (χ4n) is 2.16. The molecular weight excluding hydrogens is 312 g/mol. The minimum Gasteiger partial charge on any atom is -0.229 e. The first kappa shape index (κ1) is 15.3. The van der Waals surface area contributed by atoms with Crippen LogP contribution >= 0.6 is 0 Å². The molecule has 0 saturated carbocycles. The van der Waals surface area contributed by atoms with E-state index < -0.39 is 41.9 Å². The zero-order valence-corrected chi connectivity index (χ0v) is 12.2. The number of sulfonamides is 1. The highest BCUT2D eigenvalue weighted by Gasteiger charge is 2.41. The van der Waals surface area contributed by atoms with Crippen molar-refractivity contribution in [1.82, 2.24) is 4.72 Å². The number of benzene rings is 1. The first-order chi connectivity index (χ1) is 9.01. The summed E-state index contributed by atoms with van der Waals surface area (Å²) in [5.41, 5.74) is -1.17. The summed E-state index contributed by atoms with van der Waals surface area (Å²) >= 11 is 0. The summed E-state index contributed by atoms with van der Waals surface area (Å²) in [5.74, 6) is -2.50.